The highest BCUT2D eigenvalue weighted by Gasteiger charge is 2.51. The Labute approximate surface area is 142 Å². The van der Waals surface area contributed by atoms with E-state index < -0.39 is 0 Å². The lowest BCUT2D eigenvalue weighted by molar-refractivity contribution is -0.00106. The second-order valence-corrected chi connectivity index (χ2v) is 7.41. The van der Waals surface area contributed by atoms with Crippen molar-refractivity contribution in [3.05, 3.63) is 59.2 Å². The molecule has 0 saturated carbocycles. The molecule has 4 heteroatoms. The van der Waals surface area contributed by atoms with Crippen LogP contribution in [0.25, 0.3) is 11.1 Å². The van der Waals surface area contributed by atoms with Crippen molar-refractivity contribution in [1.29, 1.82) is 0 Å². The fourth-order valence-corrected chi connectivity index (χ4v) is 4.47. The third kappa shape index (κ3) is 1.93. The van der Waals surface area contributed by atoms with Crippen molar-refractivity contribution in [3.8, 4) is 11.1 Å². The number of rotatable bonds is 2. The first-order chi connectivity index (χ1) is 11.6. The van der Waals surface area contributed by atoms with Crippen LogP contribution in [-0.4, -0.2) is 48.1 Å². The minimum Gasteiger partial charge on any atom is -0.336 e. The van der Waals surface area contributed by atoms with Crippen LogP contribution in [0.4, 0.5) is 4.79 Å². The Morgan fingerprint density at radius 2 is 1.88 bits per heavy atom. The number of likely N-dealkylation sites (N-methyl/N-ethyl adjacent to an activating group) is 1. The van der Waals surface area contributed by atoms with Gasteiger partial charge in [0.2, 0.25) is 0 Å². The summed E-state index contributed by atoms with van der Waals surface area (Å²) in [6.07, 6.45) is 1.05. The number of nitrogens with zero attached hydrogens (tertiary/aromatic N) is 2. The lowest BCUT2D eigenvalue weighted by Gasteiger charge is -2.50. The van der Waals surface area contributed by atoms with Crippen LogP contribution in [0, 0.1) is 0 Å². The van der Waals surface area contributed by atoms with Crippen LogP contribution in [0.2, 0.25) is 0 Å². The molecule has 1 N–H and O–H groups in total. The Kier molecular flexibility index (Phi) is 2.83. The molecule has 122 valence electrons. The Bertz CT molecular complexity index is 839. The Morgan fingerprint density at radius 3 is 2.67 bits per heavy atom. The molecule has 0 atom stereocenters. The Hall–Kier alpha value is -2.33. The largest absolute Gasteiger partial charge is 0.336 e. The van der Waals surface area contributed by atoms with E-state index in [0.717, 1.165) is 32.6 Å². The number of nitrogens with one attached hydrogen (secondary N) is 1. The average molecular weight is 319 g/mol. The van der Waals surface area contributed by atoms with Gasteiger partial charge in [0.1, 0.15) is 0 Å². The second-order valence-electron chi connectivity index (χ2n) is 7.41. The standard InChI is InChI=1S/C20H21N3O/c1-22-19(24)21-11-20(22)12-23(13-20)10-14-6-7-18-16(8-14)9-15-4-2-3-5-17(15)18/h2-8H,9-13H2,1H3,(H,21,24). The maximum absolute atomic E-state index is 11.7. The van der Waals surface area contributed by atoms with Crippen LogP contribution in [0.15, 0.2) is 42.5 Å². The van der Waals surface area contributed by atoms with E-state index in [1.807, 2.05) is 11.9 Å². The second kappa shape index (κ2) is 4.84. The summed E-state index contributed by atoms with van der Waals surface area (Å²) in [6, 6.07) is 15.7. The molecule has 2 amide bonds. The number of hydrogen-bond donors (Lipinski definition) is 1. The first-order valence-electron chi connectivity index (χ1n) is 8.59. The summed E-state index contributed by atoms with van der Waals surface area (Å²) in [5.74, 6) is 0. The highest BCUT2D eigenvalue weighted by molar-refractivity contribution is 5.78. The van der Waals surface area contributed by atoms with Crippen molar-refractivity contribution in [2.24, 2.45) is 0 Å². The van der Waals surface area contributed by atoms with Gasteiger partial charge < -0.3 is 10.2 Å². The molecule has 1 spiro atoms. The smallest absolute Gasteiger partial charge is 0.317 e. The number of fused-ring (bicyclic) bond motifs is 3. The number of carbonyl (C=O) groups is 1. The number of benzene rings is 2. The summed E-state index contributed by atoms with van der Waals surface area (Å²) < 4.78 is 0. The molecular weight excluding hydrogens is 298 g/mol. The van der Waals surface area contributed by atoms with Gasteiger partial charge in [-0.25, -0.2) is 4.79 Å². The van der Waals surface area contributed by atoms with E-state index in [4.69, 9.17) is 0 Å². The molecule has 2 heterocycles. The monoisotopic (exact) mass is 319 g/mol. The van der Waals surface area contributed by atoms with Crippen molar-refractivity contribution in [1.82, 2.24) is 15.1 Å². The summed E-state index contributed by atoms with van der Waals surface area (Å²) in [4.78, 5) is 16.0. The maximum atomic E-state index is 11.7. The van der Waals surface area contributed by atoms with E-state index in [1.165, 1.54) is 27.8 Å². The number of carbonyl (C=O) groups excluding carboxylic acids is 1. The minimum absolute atomic E-state index is 0.0179. The van der Waals surface area contributed by atoms with Crippen molar-refractivity contribution < 1.29 is 4.79 Å². The van der Waals surface area contributed by atoms with Gasteiger partial charge in [0, 0.05) is 33.2 Å². The molecule has 2 aromatic rings. The zero-order valence-electron chi connectivity index (χ0n) is 13.9. The van der Waals surface area contributed by atoms with Crippen LogP contribution in [0.5, 0.6) is 0 Å². The first kappa shape index (κ1) is 14.1. The normalized spacial score (nSPS) is 20.7. The van der Waals surface area contributed by atoms with E-state index in [-0.39, 0.29) is 11.6 Å². The molecular formula is C20H21N3O. The molecule has 5 rings (SSSR count). The molecule has 3 aliphatic rings. The van der Waals surface area contributed by atoms with Crippen molar-refractivity contribution >= 4 is 6.03 Å². The molecule has 0 aromatic heterocycles. The van der Waals surface area contributed by atoms with Gasteiger partial charge in [-0.1, -0.05) is 42.5 Å². The van der Waals surface area contributed by atoms with Gasteiger partial charge in [-0.05, 0) is 34.2 Å². The number of likely N-dealkylation sites (tertiary alicyclic amines) is 1. The van der Waals surface area contributed by atoms with Crippen molar-refractivity contribution in [2.75, 3.05) is 26.7 Å². The van der Waals surface area contributed by atoms with Gasteiger partial charge >= 0.3 is 6.03 Å². The van der Waals surface area contributed by atoms with E-state index in [1.54, 1.807) is 0 Å². The van der Waals surface area contributed by atoms with Gasteiger partial charge in [-0.2, -0.15) is 0 Å². The van der Waals surface area contributed by atoms with Gasteiger partial charge in [0.25, 0.3) is 0 Å². The number of hydrogen-bond acceptors (Lipinski definition) is 2. The summed E-state index contributed by atoms with van der Waals surface area (Å²) in [5, 5.41) is 2.95. The number of urea groups is 1. The molecule has 2 aromatic carbocycles. The van der Waals surface area contributed by atoms with Crippen molar-refractivity contribution in [3.63, 3.8) is 0 Å². The lowest BCUT2D eigenvalue weighted by atomic mass is 9.89. The Balaban J connectivity index is 1.31. The third-order valence-electron chi connectivity index (χ3n) is 5.88. The molecule has 2 fully saturated rings. The van der Waals surface area contributed by atoms with Crippen LogP contribution >= 0.6 is 0 Å². The zero-order valence-corrected chi connectivity index (χ0v) is 13.9. The molecule has 4 nitrogen and oxygen atoms in total. The SMILES string of the molecule is CN1C(=O)NCC12CN(Cc1ccc3c(c1)Cc1ccccc1-3)C2. The van der Waals surface area contributed by atoms with Crippen molar-refractivity contribution in [2.45, 2.75) is 18.5 Å². The predicted octanol–water partition coefficient (Wildman–Crippen LogP) is 2.47. The quantitative estimate of drug-likeness (QED) is 0.787. The zero-order chi connectivity index (χ0) is 16.3. The minimum atomic E-state index is 0.0179. The molecule has 24 heavy (non-hydrogen) atoms. The predicted molar refractivity (Wildman–Crippen MR) is 93.9 cm³/mol. The Morgan fingerprint density at radius 1 is 1.08 bits per heavy atom. The maximum Gasteiger partial charge on any atom is 0.317 e. The van der Waals surface area contributed by atoms with Crippen LogP contribution < -0.4 is 5.32 Å². The van der Waals surface area contributed by atoms with E-state index in [0.29, 0.717) is 0 Å². The lowest BCUT2D eigenvalue weighted by Crippen LogP contribution is -2.68. The third-order valence-corrected chi connectivity index (χ3v) is 5.88. The number of amides is 2. The highest BCUT2D eigenvalue weighted by atomic mass is 16.2. The van der Waals surface area contributed by atoms with Gasteiger partial charge in [0.05, 0.1) is 5.54 Å². The summed E-state index contributed by atoms with van der Waals surface area (Å²) in [6.45, 7) is 3.66. The molecule has 0 unspecified atom stereocenters. The summed E-state index contributed by atoms with van der Waals surface area (Å²) in [5.41, 5.74) is 7.04. The van der Waals surface area contributed by atoms with Crippen LogP contribution in [-0.2, 0) is 13.0 Å². The van der Waals surface area contributed by atoms with Gasteiger partial charge in [-0.15, -0.1) is 0 Å². The van der Waals surface area contributed by atoms with Crippen LogP contribution in [0.3, 0.4) is 0 Å². The molecule has 2 aliphatic heterocycles. The molecule has 0 radical (unpaired) electrons. The molecule has 1 aliphatic carbocycles. The van der Waals surface area contributed by atoms with Gasteiger partial charge in [-0.3, -0.25) is 4.90 Å². The van der Waals surface area contributed by atoms with E-state index >= 15 is 0 Å². The van der Waals surface area contributed by atoms with Gasteiger partial charge in [0.15, 0.2) is 0 Å². The molecule has 2 saturated heterocycles. The van der Waals surface area contributed by atoms with E-state index in [9.17, 15) is 4.79 Å². The van der Waals surface area contributed by atoms with Crippen LogP contribution in [0.1, 0.15) is 16.7 Å². The van der Waals surface area contributed by atoms with E-state index in [2.05, 4.69) is 52.7 Å². The first-order valence-corrected chi connectivity index (χ1v) is 8.59. The fourth-order valence-electron chi connectivity index (χ4n) is 4.47. The fraction of sp³-hybridized carbons (Fsp3) is 0.350. The summed E-state index contributed by atoms with van der Waals surface area (Å²) >= 11 is 0. The summed E-state index contributed by atoms with van der Waals surface area (Å²) in [7, 11) is 1.91. The molecule has 0 bridgehead atoms. The topological polar surface area (TPSA) is 35.6 Å². The highest BCUT2D eigenvalue weighted by Crippen LogP contribution is 2.37. The average Bonchev–Trinajstić information content (AvgIpc) is 3.06.